The summed E-state index contributed by atoms with van der Waals surface area (Å²) in [6.07, 6.45) is 2.79. The highest BCUT2D eigenvalue weighted by molar-refractivity contribution is 4.80. The van der Waals surface area contributed by atoms with Crippen LogP contribution in [-0.4, -0.2) is 62.2 Å². The summed E-state index contributed by atoms with van der Waals surface area (Å²) in [5, 5.41) is 3.46. The summed E-state index contributed by atoms with van der Waals surface area (Å²) in [7, 11) is 2.24. The van der Waals surface area contributed by atoms with Crippen molar-refractivity contribution >= 4 is 0 Å². The molecule has 2 heterocycles. The van der Waals surface area contributed by atoms with Crippen LogP contribution in [0.15, 0.2) is 0 Å². The van der Waals surface area contributed by atoms with Crippen molar-refractivity contribution in [2.75, 3.05) is 46.3 Å². The molecular formula is C12H25N3. The molecule has 0 radical (unpaired) electrons. The van der Waals surface area contributed by atoms with Crippen LogP contribution in [-0.2, 0) is 0 Å². The van der Waals surface area contributed by atoms with Crippen LogP contribution in [0.5, 0.6) is 0 Å². The Kier molecular flexibility index (Phi) is 4.00. The van der Waals surface area contributed by atoms with Gasteiger partial charge in [0, 0.05) is 32.2 Å². The predicted molar refractivity (Wildman–Crippen MR) is 64.1 cm³/mol. The molecular weight excluding hydrogens is 186 g/mol. The maximum atomic E-state index is 3.46. The molecule has 2 aliphatic heterocycles. The zero-order valence-electron chi connectivity index (χ0n) is 10.2. The molecule has 0 amide bonds. The average Bonchev–Trinajstić information content (AvgIpc) is 2.25. The van der Waals surface area contributed by atoms with E-state index in [1.165, 1.54) is 52.1 Å². The van der Waals surface area contributed by atoms with Gasteiger partial charge in [0.05, 0.1) is 0 Å². The Morgan fingerprint density at radius 3 is 2.60 bits per heavy atom. The Morgan fingerprint density at radius 2 is 1.93 bits per heavy atom. The molecule has 0 aromatic rings. The van der Waals surface area contributed by atoms with E-state index in [0.29, 0.717) is 0 Å². The van der Waals surface area contributed by atoms with E-state index in [1.807, 2.05) is 0 Å². The van der Waals surface area contributed by atoms with E-state index >= 15 is 0 Å². The number of piperazine rings is 1. The van der Waals surface area contributed by atoms with E-state index in [4.69, 9.17) is 0 Å². The third-order valence-electron chi connectivity index (χ3n) is 3.97. The fourth-order valence-corrected chi connectivity index (χ4v) is 2.73. The summed E-state index contributed by atoms with van der Waals surface area (Å²) in [5.41, 5.74) is 0. The van der Waals surface area contributed by atoms with Crippen molar-refractivity contribution in [1.82, 2.24) is 15.1 Å². The summed E-state index contributed by atoms with van der Waals surface area (Å²) >= 11 is 0. The van der Waals surface area contributed by atoms with E-state index in [0.717, 1.165) is 12.0 Å². The number of nitrogens with zero attached hydrogens (tertiary/aromatic N) is 2. The molecule has 88 valence electrons. The highest BCUT2D eigenvalue weighted by Crippen LogP contribution is 2.18. The lowest BCUT2D eigenvalue weighted by Crippen LogP contribution is -2.51. The summed E-state index contributed by atoms with van der Waals surface area (Å²) in [5.74, 6) is 0.946. The molecule has 1 N–H and O–H groups in total. The minimum atomic E-state index is 0.735. The van der Waals surface area contributed by atoms with Gasteiger partial charge in [-0.15, -0.1) is 0 Å². The first-order valence-corrected chi connectivity index (χ1v) is 6.39. The average molecular weight is 211 g/mol. The molecule has 2 fully saturated rings. The topological polar surface area (TPSA) is 18.5 Å². The van der Waals surface area contributed by atoms with Crippen LogP contribution in [0.25, 0.3) is 0 Å². The van der Waals surface area contributed by atoms with Crippen molar-refractivity contribution in [2.45, 2.75) is 25.8 Å². The van der Waals surface area contributed by atoms with Gasteiger partial charge in [-0.1, -0.05) is 0 Å². The molecule has 2 rings (SSSR count). The van der Waals surface area contributed by atoms with Crippen LogP contribution in [0.4, 0.5) is 0 Å². The van der Waals surface area contributed by atoms with Crippen LogP contribution in [0.1, 0.15) is 19.8 Å². The van der Waals surface area contributed by atoms with Crippen molar-refractivity contribution in [3.05, 3.63) is 0 Å². The van der Waals surface area contributed by atoms with Gasteiger partial charge in [-0.05, 0) is 45.8 Å². The number of nitrogens with one attached hydrogen (secondary N) is 1. The lowest BCUT2D eigenvalue weighted by atomic mass is 9.95. The SMILES string of the molecule is C[C@@H]1CNCCN1CC1CCN(C)CC1. The molecule has 15 heavy (non-hydrogen) atoms. The Balaban J connectivity index is 1.75. The van der Waals surface area contributed by atoms with Gasteiger partial charge in [0.25, 0.3) is 0 Å². The number of likely N-dealkylation sites (tertiary alicyclic amines) is 1. The van der Waals surface area contributed by atoms with Gasteiger partial charge < -0.3 is 10.2 Å². The monoisotopic (exact) mass is 211 g/mol. The first kappa shape index (κ1) is 11.4. The molecule has 0 aliphatic carbocycles. The smallest absolute Gasteiger partial charge is 0.0193 e. The largest absolute Gasteiger partial charge is 0.314 e. The maximum absolute atomic E-state index is 3.46. The normalized spacial score (nSPS) is 32.0. The molecule has 3 heteroatoms. The summed E-state index contributed by atoms with van der Waals surface area (Å²) in [6.45, 7) is 9.87. The quantitative estimate of drug-likeness (QED) is 0.722. The minimum absolute atomic E-state index is 0.735. The van der Waals surface area contributed by atoms with Gasteiger partial charge in [-0.2, -0.15) is 0 Å². The molecule has 2 aliphatic rings. The highest BCUT2D eigenvalue weighted by Gasteiger charge is 2.23. The lowest BCUT2D eigenvalue weighted by molar-refractivity contribution is 0.116. The number of hydrogen-bond donors (Lipinski definition) is 1. The molecule has 1 atom stereocenters. The Bertz CT molecular complexity index is 187. The number of rotatable bonds is 2. The second-order valence-electron chi connectivity index (χ2n) is 5.29. The third kappa shape index (κ3) is 3.16. The molecule has 0 spiro atoms. The third-order valence-corrected chi connectivity index (χ3v) is 3.97. The molecule has 3 nitrogen and oxygen atoms in total. The molecule has 2 saturated heterocycles. The molecule has 0 unspecified atom stereocenters. The van der Waals surface area contributed by atoms with Crippen LogP contribution in [0.2, 0.25) is 0 Å². The van der Waals surface area contributed by atoms with Gasteiger partial charge in [0.15, 0.2) is 0 Å². The van der Waals surface area contributed by atoms with Gasteiger partial charge in [0.2, 0.25) is 0 Å². The van der Waals surface area contributed by atoms with Crippen molar-refractivity contribution in [2.24, 2.45) is 5.92 Å². The van der Waals surface area contributed by atoms with Crippen molar-refractivity contribution in [3.8, 4) is 0 Å². The van der Waals surface area contributed by atoms with Crippen molar-refractivity contribution in [1.29, 1.82) is 0 Å². The second kappa shape index (κ2) is 5.28. The second-order valence-corrected chi connectivity index (χ2v) is 5.29. The Morgan fingerprint density at radius 1 is 1.20 bits per heavy atom. The summed E-state index contributed by atoms with van der Waals surface area (Å²) < 4.78 is 0. The zero-order chi connectivity index (χ0) is 10.7. The van der Waals surface area contributed by atoms with E-state index in [2.05, 4.69) is 29.1 Å². The van der Waals surface area contributed by atoms with Crippen LogP contribution in [0.3, 0.4) is 0 Å². The predicted octanol–water partition coefficient (Wildman–Crippen LogP) is 0.622. The van der Waals surface area contributed by atoms with E-state index in [1.54, 1.807) is 0 Å². The molecule has 0 aromatic carbocycles. The van der Waals surface area contributed by atoms with Gasteiger partial charge in [-0.3, -0.25) is 4.90 Å². The van der Waals surface area contributed by atoms with Crippen LogP contribution < -0.4 is 5.32 Å². The number of piperidine rings is 1. The summed E-state index contributed by atoms with van der Waals surface area (Å²) in [6, 6.07) is 0.735. The first-order valence-electron chi connectivity index (χ1n) is 6.39. The molecule has 0 bridgehead atoms. The standard InChI is InChI=1S/C12H25N3/c1-11-9-13-5-8-15(11)10-12-3-6-14(2)7-4-12/h11-13H,3-10H2,1-2H3/t11-/m1/s1. The van der Waals surface area contributed by atoms with Gasteiger partial charge in [0.1, 0.15) is 0 Å². The maximum Gasteiger partial charge on any atom is 0.0193 e. The van der Waals surface area contributed by atoms with E-state index in [9.17, 15) is 0 Å². The summed E-state index contributed by atoms with van der Waals surface area (Å²) in [4.78, 5) is 5.13. The lowest BCUT2D eigenvalue weighted by Gasteiger charge is -2.38. The fourth-order valence-electron chi connectivity index (χ4n) is 2.73. The highest BCUT2D eigenvalue weighted by atomic mass is 15.2. The Hall–Kier alpha value is -0.120. The van der Waals surface area contributed by atoms with Crippen LogP contribution in [0, 0.1) is 5.92 Å². The minimum Gasteiger partial charge on any atom is -0.314 e. The molecule has 0 aromatic heterocycles. The van der Waals surface area contributed by atoms with Crippen LogP contribution >= 0.6 is 0 Å². The van der Waals surface area contributed by atoms with Gasteiger partial charge in [-0.25, -0.2) is 0 Å². The van der Waals surface area contributed by atoms with Crippen molar-refractivity contribution < 1.29 is 0 Å². The Labute approximate surface area is 93.8 Å². The van der Waals surface area contributed by atoms with Crippen molar-refractivity contribution in [3.63, 3.8) is 0 Å². The van der Waals surface area contributed by atoms with E-state index < -0.39 is 0 Å². The van der Waals surface area contributed by atoms with E-state index in [-0.39, 0.29) is 0 Å². The fraction of sp³-hybridized carbons (Fsp3) is 1.00. The number of hydrogen-bond acceptors (Lipinski definition) is 3. The van der Waals surface area contributed by atoms with Gasteiger partial charge >= 0.3 is 0 Å². The first-order chi connectivity index (χ1) is 7.25. The molecule has 0 saturated carbocycles. The zero-order valence-corrected chi connectivity index (χ0v) is 10.2.